The molecular weight excluding hydrogens is 450 g/mol. The molecule has 5 heterocycles. The van der Waals surface area contributed by atoms with Crippen molar-refractivity contribution >= 4 is 23.5 Å². The van der Waals surface area contributed by atoms with Crippen LogP contribution in [0.4, 0.5) is 0 Å². The normalized spacial score (nSPS) is 21.8. The summed E-state index contributed by atoms with van der Waals surface area (Å²) in [7, 11) is 0. The van der Waals surface area contributed by atoms with E-state index in [0.717, 1.165) is 12.0 Å². The average Bonchev–Trinajstić information content (AvgIpc) is 3.53. The molecule has 2 saturated heterocycles. The molecule has 2 aromatic heterocycles. The number of aliphatic hydroxyl groups is 1. The average molecular weight is 474 g/mol. The summed E-state index contributed by atoms with van der Waals surface area (Å²) in [5.41, 5.74) is 1.50. The summed E-state index contributed by atoms with van der Waals surface area (Å²) >= 11 is 6.05. The van der Waals surface area contributed by atoms with Crippen LogP contribution in [-0.2, 0) is 14.3 Å². The predicted molar refractivity (Wildman–Crippen MR) is 115 cm³/mol. The van der Waals surface area contributed by atoms with Crippen molar-refractivity contribution in [2.24, 2.45) is 5.41 Å². The van der Waals surface area contributed by atoms with E-state index in [2.05, 4.69) is 25.4 Å². The van der Waals surface area contributed by atoms with E-state index in [0.29, 0.717) is 56.2 Å². The summed E-state index contributed by atoms with van der Waals surface area (Å²) in [4.78, 5) is 33.1. The summed E-state index contributed by atoms with van der Waals surface area (Å²) in [6, 6.07) is 3.62. The van der Waals surface area contributed by atoms with Crippen molar-refractivity contribution in [3.05, 3.63) is 40.4 Å². The van der Waals surface area contributed by atoms with E-state index in [9.17, 15) is 14.7 Å². The first-order chi connectivity index (χ1) is 15.9. The van der Waals surface area contributed by atoms with Crippen molar-refractivity contribution in [1.29, 1.82) is 0 Å². The molecule has 0 bridgehead atoms. The number of β-amino-alcohol motifs (C(OH)–C–C–N with tert-alkyl or cyclic N) is 1. The van der Waals surface area contributed by atoms with Crippen LogP contribution < -0.4 is 0 Å². The second-order valence-electron chi connectivity index (χ2n) is 8.74. The molecule has 0 aliphatic carbocycles. The Morgan fingerprint density at radius 1 is 1.21 bits per heavy atom. The maximum Gasteiger partial charge on any atom is 0.352 e. The Morgan fingerprint density at radius 2 is 1.97 bits per heavy atom. The predicted octanol–water partition coefficient (Wildman–Crippen LogP) is 0.721. The molecule has 3 aliphatic rings. The quantitative estimate of drug-likeness (QED) is 0.625. The Bertz CT molecular complexity index is 1110. The van der Waals surface area contributed by atoms with Crippen molar-refractivity contribution in [2.45, 2.75) is 32.3 Å². The minimum Gasteiger partial charge on any atom is -0.455 e. The van der Waals surface area contributed by atoms with Crippen molar-refractivity contribution in [2.75, 3.05) is 32.8 Å². The smallest absolute Gasteiger partial charge is 0.352 e. The van der Waals surface area contributed by atoms with Gasteiger partial charge in [0.2, 0.25) is 5.91 Å². The number of piperidine rings is 1. The zero-order valence-electron chi connectivity index (χ0n) is 18.1. The molecule has 1 amide bonds. The highest BCUT2D eigenvalue weighted by Crippen LogP contribution is 2.44. The number of aliphatic hydroxyl groups excluding tert-OH is 1. The van der Waals surface area contributed by atoms with Gasteiger partial charge in [-0.25, -0.2) is 9.78 Å². The molecule has 2 fully saturated rings. The van der Waals surface area contributed by atoms with Gasteiger partial charge in [-0.2, -0.15) is 4.68 Å². The van der Waals surface area contributed by atoms with E-state index in [1.165, 1.54) is 11.0 Å². The van der Waals surface area contributed by atoms with Crippen LogP contribution in [0.3, 0.4) is 0 Å². The minimum absolute atomic E-state index is 0.0102. The summed E-state index contributed by atoms with van der Waals surface area (Å²) in [6.45, 7) is 4.31. The molecule has 0 aromatic carbocycles. The fourth-order valence-electron chi connectivity index (χ4n) is 4.93. The van der Waals surface area contributed by atoms with Gasteiger partial charge in [-0.3, -0.25) is 4.79 Å². The van der Waals surface area contributed by atoms with Crippen LogP contribution in [-0.4, -0.2) is 84.8 Å². The number of hydrogen-bond donors (Lipinski definition) is 1. The van der Waals surface area contributed by atoms with Gasteiger partial charge in [-0.05, 0) is 55.8 Å². The van der Waals surface area contributed by atoms with Crippen molar-refractivity contribution < 1.29 is 19.4 Å². The largest absolute Gasteiger partial charge is 0.455 e. The Morgan fingerprint density at radius 3 is 2.61 bits per heavy atom. The maximum atomic E-state index is 13.2. The van der Waals surface area contributed by atoms with Crippen LogP contribution >= 0.6 is 11.6 Å². The SMILES string of the molecule is Cc1nc(-n2cnnn2)ccc1[C@@H](O)CN1CCC2(CC1)CCN(C1=C(Cl)C(=O)OC1)C2=O. The van der Waals surface area contributed by atoms with Gasteiger partial charge in [-0.15, -0.1) is 5.10 Å². The molecule has 11 nitrogen and oxygen atoms in total. The van der Waals surface area contributed by atoms with E-state index in [1.54, 1.807) is 11.0 Å². The van der Waals surface area contributed by atoms with E-state index in [-0.39, 0.29) is 17.5 Å². The zero-order chi connectivity index (χ0) is 23.2. The molecule has 174 valence electrons. The number of amides is 1. The second-order valence-corrected chi connectivity index (χ2v) is 9.12. The molecule has 1 spiro atoms. The number of hydrogen-bond acceptors (Lipinski definition) is 9. The lowest BCUT2D eigenvalue weighted by molar-refractivity contribution is -0.138. The van der Waals surface area contributed by atoms with Gasteiger partial charge in [0.05, 0.1) is 17.2 Å². The molecule has 2 aromatic rings. The third-order valence-corrected chi connectivity index (χ3v) is 7.28. The van der Waals surface area contributed by atoms with Crippen molar-refractivity contribution in [1.82, 2.24) is 35.0 Å². The second kappa shape index (κ2) is 8.47. The van der Waals surface area contributed by atoms with Crippen LogP contribution in [0.5, 0.6) is 0 Å². The molecule has 3 aliphatic heterocycles. The van der Waals surface area contributed by atoms with Gasteiger partial charge in [0, 0.05) is 24.3 Å². The molecule has 33 heavy (non-hydrogen) atoms. The zero-order valence-corrected chi connectivity index (χ0v) is 18.9. The third kappa shape index (κ3) is 3.90. The summed E-state index contributed by atoms with van der Waals surface area (Å²) in [5.74, 6) is 0.0367. The van der Waals surface area contributed by atoms with E-state index in [4.69, 9.17) is 16.3 Å². The number of rotatable bonds is 5. The van der Waals surface area contributed by atoms with Gasteiger partial charge in [-0.1, -0.05) is 17.7 Å². The minimum atomic E-state index is -0.698. The molecule has 12 heteroatoms. The number of esters is 1. The lowest BCUT2D eigenvalue weighted by atomic mass is 9.77. The van der Waals surface area contributed by atoms with Gasteiger partial charge >= 0.3 is 5.97 Å². The molecule has 1 N–H and O–H groups in total. The lowest BCUT2D eigenvalue weighted by Gasteiger charge is -2.38. The third-order valence-electron chi connectivity index (χ3n) is 6.91. The number of aryl methyl sites for hydroxylation is 1. The van der Waals surface area contributed by atoms with E-state index < -0.39 is 17.5 Å². The summed E-state index contributed by atoms with van der Waals surface area (Å²) in [6.07, 6.45) is 2.89. The summed E-state index contributed by atoms with van der Waals surface area (Å²) < 4.78 is 6.43. The Hall–Kier alpha value is -2.89. The van der Waals surface area contributed by atoms with Gasteiger partial charge < -0.3 is 19.6 Å². The number of nitrogens with zero attached hydrogens (tertiary/aromatic N) is 7. The van der Waals surface area contributed by atoms with Crippen molar-refractivity contribution in [3.8, 4) is 5.82 Å². The number of aromatic nitrogens is 5. The molecule has 5 rings (SSSR count). The Kier molecular flexibility index (Phi) is 5.63. The summed E-state index contributed by atoms with van der Waals surface area (Å²) in [5, 5.41) is 21.9. The van der Waals surface area contributed by atoms with Crippen LogP contribution in [0.15, 0.2) is 29.2 Å². The van der Waals surface area contributed by atoms with Crippen LogP contribution in [0.2, 0.25) is 0 Å². The van der Waals surface area contributed by atoms with Crippen LogP contribution in [0, 0.1) is 12.3 Å². The Labute approximate surface area is 195 Å². The lowest BCUT2D eigenvalue weighted by Crippen LogP contribution is -2.45. The van der Waals surface area contributed by atoms with Crippen LogP contribution in [0.25, 0.3) is 5.82 Å². The number of tetrazole rings is 1. The standard InChI is InChI=1S/C21H24ClN7O4/c1-13-14(2-3-17(24-13)29-12-23-25-26-29)16(30)10-27-7-4-21(5-8-27)6-9-28(20(21)32)15-11-33-19(31)18(15)22/h2-3,12,16,30H,4-11H2,1H3/t16-/m0/s1. The van der Waals surface area contributed by atoms with Gasteiger partial charge in [0.15, 0.2) is 5.82 Å². The number of carbonyl (C=O) groups is 2. The number of carbonyl (C=O) groups excluding carboxylic acids is 2. The number of likely N-dealkylation sites (tertiary alicyclic amines) is 2. The topological polar surface area (TPSA) is 127 Å². The molecule has 0 unspecified atom stereocenters. The number of ether oxygens (including phenoxy) is 1. The van der Waals surface area contributed by atoms with Crippen LogP contribution in [0.1, 0.15) is 36.6 Å². The molecule has 0 saturated carbocycles. The number of pyridine rings is 1. The monoisotopic (exact) mass is 473 g/mol. The maximum absolute atomic E-state index is 13.2. The highest BCUT2D eigenvalue weighted by Gasteiger charge is 2.50. The van der Waals surface area contributed by atoms with E-state index >= 15 is 0 Å². The van der Waals surface area contributed by atoms with E-state index in [1.807, 2.05) is 13.0 Å². The Balaban J connectivity index is 1.21. The number of cyclic esters (lactones) is 1. The molecule has 1 atom stereocenters. The highest BCUT2D eigenvalue weighted by molar-refractivity contribution is 6.42. The fourth-order valence-corrected chi connectivity index (χ4v) is 5.14. The molecular formula is C21H24ClN7O4. The number of halogens is 1. The highest BCUT2D eigenvalue weighted by atomic mass is 35.5. The first-order valence-electron chi connectivity index (χ1n) is 10.9. The van der Waals surface area contributed by atoms with Gasteiger partial charge in [0.25, 0.3) is 0 Å². The molecule has 0 radical (unpaired) electrons. The van der Waals surface area contributed by atoms with Gasteiger partial charge in [0.1, 0.15) is 18.0 Å². The first kappa shape index (κ1) is 21.9. The fraction of sp³-hybridized carbons (Fsp3) is 0.524. The van der Waals surface area contributed by atoms with Crippen molar-refractivity contribution in [3.63, 3.8) is 0 Å². The first-order valence-corrected chi connectivity index (χ1v) is 11.2.